The van der Waals surface area contributed by atoms with Crippen LogP contribution in [0.3, 0.4) is 0 Å². The minimum Gasteiger partial charge on any atom is -0.490 e. The molecule has 0 spiro atoms. The molecule has 4 heteroatoms. The van der Waals surface area contributed by atoms with Gasteiger partial charge >= 0.3 is 0 Å². The Morgan fingerprint density at radius 3 is 2.72 bits per heavy atom. The molecule has 2 aromatic rings. The molecular formula is C14H15BrN2O. The fourth-order valence-corrected chi connectivity index (χ4v) is 1.97. The number of anilines is 2. The van der Waals surface area contributed by atoms with Gasteiger partial charge in [-0.15, -0.1) is 0 Å². The standard InChI is InChI=1S/C14H15BrN2O/c15-11-4-3-5-12(10-11)17-8-9-18-14-7-2-1-6-13(14)16/h1-7,10,17H,8-9,16H2. The zero-order valence-corrected chi connectivity index (χ0v) is 11.5. The second-order valence-corrected chi connectivity index (χ2v) is 4.74. The molecule has 0 aliphatic heterocycles. The number of para-hydroxylation sites is 2. The molecule has 3 N–H and O–H groups in total. The van der Waals surface area contributed by atoms with Crippen molar-refractivity contribution in [2.45, 2.75) is 0 Å². The van der Waals surface area contributed by atoms with Gasteiger partial charge in [0, 0.05) is 16.7 Å². The monoisotopic (exact) mass is 306 g/mol. The van der Waals surface area contributed by atoms with Crippen LogP contribution >= 0.6 is 15.9 Å². The smallest absolute Gasteiger partial charge is 0.142 e. The number of hydrogen-bond acceptors (Lipinski definition) is 3. The highest BCUT2D eigenvalue weighted by Gasteiger charge is 1.98. The Balaban J connectivity index is 1.78. The van der Waals surface area contributed by atoms with E-state index in [1.54, 1.807) is 0 Å². The minimum absolute atomic E-state index is 0.570. The molecule has 0 bridgehead atoms. The van der Waals surface area contributed by atoms with Gasteiger partial charge in [-0.05, 0) is 30.3 Å². The molecule has 0 aromatic heterocycles. The van der Waals surface area contributed by atoms with Crippen LogP contribution in [0.25, 0.3) is 0 Å². The highest BCUT2D eigenvalue weighted by Crippen LogP contribution is 2.19. The SMILES string of the molecule is Nc1ccccc1OCCNc1cccc(Br)c1. The fraction of sp³-hybridized carbons (Fsp3) is 0.143. The molecule has 0 radical (unpaired) electrons. The van der Waals surface area contributed by atoms with Crippen LogP contribution in [-0.4, -0.2) is 13.2 Å². The molecule has 2 rings (SSSR count). The summed E-state index contributed by atoms with van der Waals surface area (Å²) in [6, 6.07) is 15.5. The summed E-state index contributed by atoms with van der Waals surface area (Å²) < 4.78 is 6.65. The van der Waals surface area contributed by atoms with Crippen molar-refractivity contribution in [2.75, 3.05) is 24.2 Å². The normalized spacial score (nSPS) is 10.1. The first-order valence-corrected chi connectivity index (χ1v) is 6.52. The number of nitrogen functional groups attached to an aromatic ring is 1. The lowest BCUT2D eigenvalue weighted by molar-refractivity contribution is 0.334. The second kappa shape index (κ2) is 6.31. The first-order chi connectivity index (χ1) is 8.75. The lowest BCUT2D eigenvalue weighted by Gasteiger charge is -2.10. The maximum atomic E-state index is 5.78. The first-order valence-electron chi connectivity index (χ1n) is 5.72. The molecule has 0 amide bonds. The van der Waals surface area contributed by atoms with Crippen LogP contribution in [0.4, 0.5) is 11.4 Å². The number of nitrogens with two attached hydrogens (primary N) is 1. The van der Waals surface area contributed by atoms with E-state index in [-0.39, 0.29) is 0 Å². The number of hydrogen-bond donors (Lipinski definition) is 2. The highest BCUT2D eigenvalue weighted by atomic mass is 79.9. The van der Waals surface area contributed by atoms with Crippen LogP contribution < -0.4 is 15.8 Å². The largest absolute Gasteiger partial charge is 0.490 e. The predicted molar refractivity (Wildman–Crippen MR) is 79.0 cm³/mol. The van der Waals surface area contributed by atoms with Crippen molar-refractivity contribution in [3.05, 3.63) is 53.0 Å². The van der Waals surface area contributed by atoms with E-state index in [0.717, 1.165) is 22.5 Å². The maximum absolute atomic E-state index is 5.78. The number of rotatable bonds is 5. The number of benzene rings is 2. The van der Waals surface area contributed by atoms with Crippen LogP contribution in [0.2, 0.25) is 0 Å². The van der Waals surface area contributed by atoms with Crippen LogP contribution in [-0.2, 0) is 0 Å². The molecule has 0 atom stereocenters. The summed E-state index contributed by atoms with van der Waals surface area (Å²) in [6.07, 6.45) is 0. The highest BCUT2D eigenvalue weighted by molar-refractivity contribution is 9.10. The molecule has 0 saturated heterocycles. The van der Waals surface area contributed by atoms with Crippen LogP contribution in [0.1, 0.15) is 0 Å². The van der Waals surface area contributed by atoms with Crippen molar-refractivity contribution in [1.29, 1.82) is 0 Å². The average Bonchev–Trinajstić information content (AvgIpc) is 2.37. The van der Waals surface area contributed by atoms with Crippen molar-refractivity contribution in [3.63, 3.8) is 0 Å². The third-order valence-electron chi connectivity index (χ3n) is 2.43. The lowest BCUT2D eigenvalue weighted by atomic mass is 10.3. The Morgan fingerprint density at radius 1 is 1.11 bits per heavy atom. The Bertz CT molecular complexity index is 517. The third-order valence-corrected chi connectivity index (χ3v) is 2.93. The van der Waals surface area contributed by atoms with E-state index < -0.39 is 0 Å². The van der Waals surface area contributed by atoms with Gasteiger partial charge in [0.2, 0.25) is 0 Å². The summed E-state index contributed by atoms with van der Waals surface area (Å²) in [5.74, 6) is 0.730. The predicted octanol–water partition coefficient (Wildman–Crippen LogP) is 3.52. The van der Waals surface area contributed by atoms with Crippen LogP contribution in [0.5, 0.6) is 5.75 Å². The Kier molecular flexibility index (Phi) is 4.47. The molecule has 2 aromatic carbocycles. The topological polar surface area (TPSA) is 47.3 Å². The average molecular weight is 307 g/mol. The van der Waals surface area contributed by atoms with Gasteiger partial charge in [0.25, 0.3) is 0 Å². The van der Waals surface area contributed by atoms with E-state index >= 15 is 0 Å². The third kappa shape index (κ3) is 3.67. The van der Waals surface area contributed by atoms with Gasteiger partial charge in [-0.2, -0.15) is 0 Å². The number of nitrogens with one attached hydrogen (secondary N) is 1. The van der Waals surface area contributed by atoms with E-state index in [0.29, 0.717) is 12.3 Å². The maximum Gasteiger partial charge on any atom is 0.142 e. The van der Waals surface area contributed by atoms with Gasteiger partial charge in [0.1, 0.15) is 12.4 Å². The quantitative estimate of drug-likeness (QED) is 0.656. The molecule has 94 valence electrons. The summed E-state index contributed by atoms with van der Waals surface area (Å²) in [7, 11) is 0. The molecule has 18 heavy (non-hydrogen) atoms. The van der Waals surface area contributed by atoms with Crippen LogP contribution in [0.15, 0.2) is 53.0 Å². The van der Waals surface area contributed by atoms with Crippen LogP contribution in [0, 0.1) is 0 Å². The van der Waals surface area contributed by atoms with E-state index in [4.69, 9.17) is 10.5 Å². The van der Waals surface area contributed by atoms with Gasteiger partial charge in [-0.3, -0.25) is 0 Å². The number of ether oxygens (including phenoxy) is 1. The molecule has 0 aliphatic rings. The van der Waals surface area contributed by atoms with E-state index in [1.165, 1.54) is 0 Å². The van der Waals surface area contributed by atoms with Crippen molar-refractivity contribution < 1.29 is 4.74 Å². The van der Waals surface area contributed by atoms with E-state index in [2.05, 4.69) is 21.2 Å². The van der Waals surface area contributed by atoms with Crippen molar-refractivity contribution in [3.8, 4) is 5.75 Å². The Labute approximate surface area is 115 Å². The summed E-state index contributed by atoms with van der Waals surface area (Å²) in [4.78, 5) is 0. The van der Waals surface area contributed by atoms with Gasteiger partial charge in [0.15, 0.2) is 0 Å². The second-order valence-electron chi connectivity index (χ2n) is 3.82. The van der Waals surface area contributed by atoms with Gasteiger partial charge in [-0.25, -0.2) is 0 Å². The molecule has 0 heterocycles. The van der Waals surface area contributed by atoms with Gasteiger partial charge in [0.05, 0.1) is 5.69 Å². The number of halogens is 1. The van der Waals surface area contributed by atoms with Crippen molar-refractivity contribution >= 4 is 27.3 Å². The van der Waals surface area contributed by atoms with Gasteiger partial charge in [-0.1, -0.05) is 34.1 Å². The molecule has 0 unspecified atom stereocenters. The molecular weight excluding hydrogens is 292 g/mol. The van der Waals surface area contributed by atoms with Crippen molar-refractivity contribution in [2.24, 2.45) is 0 Å². The van der Waals surface area contributed by atoms with Gasteiger partial charge < -0.3 is 15.8 Å². The molecule has 0 fully saturated rings. The summed E-state index contributed by atoms with van der Waals surface area (Å²) in [5, 5.41) is 3.28. The fourth-order valence-electron chi connectivity index (χ4n) is 1.57. The molecule has 0 saturated carbocycles. The summed E-state index contributed by atoms with van der Waals surface area (Å²) in [5.41, 5.74) is 7.51. The Hall–Kier alpha value is -1.68. The van der Waals surface area contributed by atoms with Crippen molar-refractivity contribution in [1.82, 2.24) is 0 Å². The lowest BCUT2D eigenvalue weighted by Crippen LogP contribution is -2.12. The zero-order valence-electron chi connectivity index (χ0n) is 9.90. The van der Waals surface area contributed by atoms with E-state index in [9.17, 15) is 0 Å². The Morgan fingerprint density at radius 2 is 1.94 bits per heavy atom. The summed E-state index contributed by atoms with van der Waals surface area (Å²) in [6.45, 7) is 1.30. The first kappa shape index (κ1) is 12.8. The molecule has 0 aliphatic carbocycles. The minimum atomic E-state index is 0.570. The zero-order chi connectivity index (χ0) is 12.8. The van der Waals surface area contributed by atoms with E-state index in [1.807, 2.05) is 48.5 Å². The summed E-state index contributed by atoms with van der Waals surface area (Å²) >= 11 is 3.43. The molecule has 3 nitrogen and oxygen atoms in total.